The molecule has 0 spiro atoms. The molecular formula is C25H25N3O3S. The van der Waals surface area contributed by atoms with E-state index in [1.807, 2.05) is 0 Å². The number of nitrogens with zero attached hydrogens (tertiary/aromatic N) is 2. The third kappa shape index (κ3) is 5.84. The number of carbonyl (C=O) groups excluding carboxylic acids is 1. The van der Waals surface area contributed by atoms with Crippen LogP contribution >= 0.6 is 11.3 Å². The van der Waals surface area contributed by atoms with Crippen molar-refractivity contribution in [3.63, 3.8) is 0 Å². The zero-order valence-electron chi connectivity index (χ0n) is 18.5. The first-order valence-electron chi connectivity index (χ1n) is 9.68. The number of ether oxygens (including phenoxy) is 1. The number of fused-ring (bicyclic) bond motifs is 1. The van der Waals surface area contributed by atoms with Crippen LogP contribution in [0.25, 0.3) is 10.2 Å². The first-order chi connectivity index (χ1) is 15.2. The maximum atomic E-state index is 13.2. The molecule has 2 N–H and O–H groups in total. The van der Waals surface area contributed by atoms with Crippen LogP contribution in [0.1, 0.15) is 26.3 Å². The van der Waals surface area contributed by atoms with Crippen LogP contribution < -0.4 is 5.32 Å². The summed E-state index contributed by atoms with van der Waals surface area (Å²) in [5.74, 6) is 0.0435. The number of nitriles is 1. The minimum atomic E-state index is -0.388. The first-order valence-corrected chi connectivity index (χ1v) is 10.5. The Morgan fingerprint density at radius 2 is 2.03 bits per heavy atom. The van der Waals surface area contributed by atoms with E-state index in [2.05, 4.69) is 29.5 Å². The minimum Gasteiger partial charge on any atom is -0.513 e. The van der Waals surface area contributed by atoms with Gasteiger partial charge in [-0.1, -0.05) is 42.2 Å². The van der Waals surface area contributed by atoms with E-state index in [4.69, 9.17) is 10.00 Å². The normalized spacial score (nSPS) is 13.3. The monoisotopic (exact) mass is 447 g/mol. The number of hydrogen-bond donors (Lipinski definition) is 2. The maximum Gasteiger partial charge on any atom is 0.257 e. The Labute approximate surface area is 191 Å². The topological polar surface area (TPSA) is 95.2 Å². The molecule has 0 saturated carbocycles. The molecule has 0 aliphatic carbocycles. The van der Waals surface area contributed by atoms with Crippen molar-refractivity contribution in [1.82, 2.24) is 4.98 Å². The Kier molecular flexibility index (Phi) is 8.33. The van der Waals surface area contributed by atoms with Gasteiger partial charge in [-0.25, -0.2) is 4.98 Å². The quantitative estimate of drug-likeness (QED) is 0.289. The summed E-state index contributed by atoms with van der Waals surface area (Å²) < 4.78 is 6.22. The highest BCUT2D eigenvalue weighted by atomic mass is 32.1. The summed E-state index contributed by atoms with van der Waals surface area (Å²) in [5, 5.41) is 22.3. The van der Waals surface area contributed by atoms with Crippen LogP contribution in [0.3, 0.4) is 0 Å². The molecule has 0 saturated heterocycles. The molecule has 7 heteroatoms. The average Bonchev–Trinajstić information content (AvgIpc) is 3.14. The fourth-order valence-corrected chi connectivity index (χ4v) is 3.86. The molecule has 1 amide bonds. The number of rotatable bonds is 8. The zero-order valence-corrected chi connectivity index (χ0v) is 19.3. The van der Waals surface area contributed by atoms with Gasteiger partial charge in [-0.15, -0.1) is 0 Å². The summed E-state index contributed by atoms with van der Waals surface area (Å²) in [6.45, 7) is 12.8. The number of carbonyl (C=O) groups is 1. The molecule has 32 heavy (non-hydrogen) atoms. The van der Waals surface area contributed by atoms with E-state index in [0.29, 0.717) is 44.3 Å². The lowest BCUT2D eigenvalue weighted by Crippen LogP contribution is -2.17. The largest absolute Gasteiger partial charge is 0.513 e. The Morgan fingerprint density at radius 3 is 2.56 bits per heavy atom. The van der Waals surface area contributed by atoms with E-state index >= 15 is 0 Å². The summed E-state index contributed by atoms with van der Waals surface area (Å²) in [6.07, 6.45) is 6.42. The molecule has 0 aliphatic rings. The fraction of sp³-hybridized carbons (Fsp3) is 0.160. The number of aliphatic hydroxyl groups is 1. The second-order valence-corrected chi connectivity index (χ2v) is 7.88. The van der Waals surface area contributed by atoms with Gasteiger partial charge in [0.1, 0.15) is 5.76 Å². The van der Waals surface area contributed by atoms with Gasteiger partial charge in [0.05, 0.1) is 34.7 Å². The van der Waals surface area contributed by atoms with Crippen LogP contribution in [-0.2, 0) is 9.53 Å². The Hall–Kier alpha value is -3.89. The summed E-state index contributed by atoms with van der Waals surface area (Å²) in [4.78, 5) is 17.7. The molecule has 6 nitrogen and oxygen atoms in total. The highest BCUT2D eigenvalue weighted by Crippen LogP contribution is 2.30. The van der Waals surface area contributed by atoms with Crippen LogP contribution in [0.4, 0.5) is 5.13 Å². The molecule has 164 valence electrons. The van der Waals surface area contributed by atoms with E-state index in [0.717, 1.165) is 4.70 Å². The van der Waals surface area contributed by atoms with Gasteiger partial charge in [-0.2, -0.15) is 5.26 Å². The van der Waals surface area contributed by atoms with E-state index in [-0.39, 0.29) is 11.7 Å². The lowest BCUT2D eigenvalue weighted by molar-refractivity contribution is -0.112. The number of amides is 1. The first kappa shape index (κ1) is 24.4. The molecule has 0 radical (unpaired) electrons. The lowest BCUT2D eigenvalue weighted by atomic mass is 9.93. The van der Waals surface area contributed by atoms with Crippen LogP contribution in [0.2, 0.25) is 0 Å². The van der Waals surface area contributed by atoms with Gasteiger partial charge in [-0.3, -0.25) is 10.1 Å². The van der Waals surface area contributed by atoms with Crippen LogP contribution in [0, 0.1) is 11.3 Å². The molecule has 1 aromatic carbocycles. The number of aromatic nitrogens is 1. The average molecular weight is 448 g/mol. The van der Waals surface area contributed by atoms with E-state index in [9.17, 15) is 9.90 Å². The third-order valence-corrected chi connectivity index (χ3v) is 5.20. The van der Waals surface area contributed by atoms with Crippen molar-refractivity contribution in [1.29, 1.82) is 5.26 Å². The number of methoxy groups -OCH3 is 1. The number of nitrogens with one attached hydrogen (secondary N) is 1. The van der Waals surface area contributed by atoms with Crippen molar-refractivity contribution in [3.8, 4) is 6.07 Å². The molecule has 0 fully saturated rings. The molecular weight excluding hydrogens is 422 g/mol. The molecule has 1 aromatic heterocycles. The molecule has 1 heterocycles. The van der Waals surface area contributed by atoms with Gasteiger partial charge >= 0.3 is 0 Å². The SMILES string of the molecule is C=C/C(OC)=C(\C=C(/C)O)C(=C/C(=C)C)/C(=C\C)C(=O)Nc1nc2ccc(C#N)cc2s1. The van der Waals surface area contributed by atoms with Crippen molar-refractivity contribution < 1.29 is 14.6 Å². The van der Waals surface area contributed by atoms with Crippen molar-refractivity contribution in [2.75, 3.05) is 12.4 Å². The number of hydrogen-bond acceptors (Lipinski definition) is 6. The Bertz CT molecular complexity index is 1230. The van der Waals surface area contributed by atoms with Crippen LogP contribution in [-0.4, -0.2) is 23.1 Å². The fourth-order valence-electron chi connectivity index (χ4n) is 2.96. The lowest BCUT2D eigenvalue weighted by Gasteiger charge is -2.16. The van der Waals surface area contributed by atoms with Crippen molar-refractivity contribution in [3.05, 3.63) is 95.0 Å². The predicted octanol–water partition coefficient (Wildman–Crippen LogP) is 6.10. The molecule has 2 aromatic rings. The van der Waals surface area contributed by atoms with Gasteiger partial charge in [0.15, 0.2) is 5.13 Å². The summed E-state index contributed by atoms with van der Waals surface area (Å²) in [5.41, 5.74) is 3.26. The molecule has 0 bridgehead atoms. The molecule has 0 unspecified atom stereocenters. The summed E-state index contributed by atoms with van der Waals surface area (Å²) in [6, 6.07) is 7.25. The van der Waals surface area contributed by atoms with Gasteiger partial charge in [0, 0.05) is 11.1 Å². The number of thiazole rings is 1. The predicted molar refractivity (Wildman–Crippen MR) is 130 cm³/mol. The van der Waals surface area contributed by atoms with Gasteiger partial charge < -0.3 is 9.84 Å². The second-order valence-electron chi connectivity index (χ2n) is 6.85. The van der Waals surface area contributed by atoms with Gasteiger partial charge in [0.2, 0.25) is 0 Å². The standard InChI is InChI=1S/C25H25N3O3S/c1-7-18(19(11-15(3)4)20(12-16(5)29)22(8-2)31-6)24(30)28-25-27-21-10-9-17(14-26)13-23(21)32-25/h7-13,29H,2-3H2,1,4-6H3,(H,27,28,30)/b16-12+,18-7+,19-11+,22-20-. The highest BCUT2D eigenvalue weighted by molar-refractivity contribution is 7.22. The second kappa shape index (κ2) is 10.9. The van der Waals surface area contributed by atoms with Crippen molar-refractivity contribution in [2.45, 2.75) is 20.8 Å². The molecule has 2 rings (SSSR count). The molecule has 0 aliphatic heterocycles. The number of anilines is 1. The number of benzene rings is 1. The maximum absolute atomic E-state index is 13.2. The minimum absolute atomic E-state index is 0.0411. The smallest absolute Gasteiger partial charge is 0.257 e. The summed E-state index contributed by atoms with van der Waals surface area (Å²) >= 11 is 1.28. The van der Waals surface area contributed by atoms with Gasteiger partial charge in [-0.05, 0) is 56.7 Å². The van der Waals surface area contributed by atoms with Crippen LogP contribution in [0.5, 0.6) is 0 Å². The Morgan fingerprint density at radius 1 is 1.31 bits per heavy atom. The van der Waals surface area contributed by atoms with E-state index < -0.39 is 0 Å². The van der Waals surface area contributed by atoms with E-state index in [1.165, 1.54) is 37.5 Å². The van der Waals surface area contributed by atoms with Crippen molar-refractivity contribution in [2.24, 2.45) is 0 Å². The zero-order chi connectivity index (χ0) is 23.8. The van der Waals surface area contributed by atoms with Crippen molar-refractivity contribution >= 4 is 32.6 Å². The highest BCUT2D eigenvalue weighted by Gasteiger charge is 2.21. The third-order valence-electron chi connectivity index (χ3n) is 4.27. The van der Waals surface area contributed by atoms with Crippen LogP contribution in [0.15, 0.2) is 89.5 Å². The number of allylic oxidation sites excluding steroid dienone is 7. The van der Waals surface area contributed by atoms with E-state index in [1.54, 1.807) is 44.2 Å². The Balaban J connectivity index is 2.54. The van der Waals surface area contributed by atoms with Gasteiger partial charge in [0.25, 0.3) is 5.91 Å². The molecule has 0 atom stereocenters. The number of aliphatic hydroxyl groups excluding tert-OH is 1. The summed E-state index contributed by atoms with van der Waals surface area (Å²) in [7, 11) is 1.49.